The third kappa shape index (κ3) is 2.21. The first-order valence-corrected chi connectivity index (χ1v) is 6.23. The van der Waals surface area contributed by atoms with Crippen molar-refractivity contribution in [2.24, 2.45) is 0 Å². The van der Waals surface area contributed by atoms with Gasteiger partial charge in [-0.25, -0.2) is 4.98 Å². The van der Waals surface area contributed by atoms with Crippen molar-refractivity contribution in [3.05, 3.63) is 32.8 Å². The van der Waals surface area contributed by atoms with E-state index in [1.165, 1.54) is 0 Å². The summed E-state index contributed by atoms with van der Waals surface area (Å²) in [5.41, 5.74) is 8.38. The first-order chi connectivity index (χ1) is 7.61. The van der Waals surface area contributed by atoms with Crippen LogP contribution in [0, 0.1) is 0 Å². The van der Waals surface area contributed by atoms with Crippen LogP contribution in [0.1, 0.15) is 5.69 Å². The van der Waals surface area contributed by atoms with Crippen LogP contribution in [0.5, 0.6) is 0 Å². The van der Waals surface area contributed by atoms with Crippen molar-refractivity contribution < 1.29 is 4.74 Å². The van der Waals surface area contributed by atoms with Crippen molar-refractivity contribution in [2.45, 2.75) is 6.61 Å². The van der Waals surface area contributed by atoms with Crippen LogP contribution in [0.15, 0.2) is 27.1 Å². The second-order valence-electron chi connectivity index (χ2n) is 3.42. The van der Waals surface area contributed by atoms with E-state index >= 15 is 0 Å². The van der Waals surface area contributed by atoms with Crippen molar-refractivity contribution in [2.75, 3.05) is 12.8 Å². The van der Waals surface area contributed by atoms with Crippen LogP contribution in [-0.4, -0.2) is 12.1 Å². The molecule has 0 aliphatic rings. The highest BCUT2D eigenvalue weighted by Crippen LogP contribution is 2.31. The molecule has 3 nitrogen and oxygen atoms in total. The Bertz CT molecular complexity index is 543. The van der Waals surface area contributed by atoms with Crippen LogP contribution in [0.25, 0.3) is 10.9 Å². The minimum atomic E-state index is 0.461. The predicted molar refractivity (Wildman–Crippen MR) is 72.3 cm³/mol. The number of hydrogen-bond acceptors (Lipinski definition) is 3. The number of halogens is 2. The smallest absolute Gasteiger partial charge is 0.0885 e. The van der Waals surface area contributed by atoms with E-state index in [9.17, 15) is 0 Å². The number of aromatic nitrogens is 1. The van der Waals surface area contributed by atoms with E-state index < -0.39 is 0 Å². The molecule has 1 heterocycles. The lowest BCUT2D eigenvalue weighted by molar-refractivity contribution is 0.182. The Balaban J connectivity index is 2.71. The largest absolute Gasteiger partial charge is 0.398 e. The fourth-order valence-electron chi connectivity index (χ4n) is 1.55. The van der Waals surface area contributed by atoms with E-state index in [0.717, 1.165) is 25.5 Å². The van der Waals surface area contributed by atoms with Crippen LogP contribution in [0.4, 0.5) is 5.69 Å². The van der Waals surface area contributed by atoms with Crippen molar-refractivity contribution in [1.29, 1.82) is 0 Å². The Kier molecular flexibility index (Phi) is 3.47. The van der Waals surface area contributed by atoms with Gasteiger partial charge in [0.05, 0.1) is 17.8 Å². The molecule has 0 saturated heterocycles. The third-order valence-corrected chi connectivity index (χ3v) is 3.27. The quantitative estimate of drug-likeness (QED) is 0.906. The van der Waals surface area contributed by atoms with Gasteiger partial charge in [0.25, 0.3) is 0 Å². The highest BCUT2D eigenvalue weighted by atomic mass is 79.9. The van der Waals surface area contributed by atoms with Crippen molar-refractivity contribution in [3.8, 4) is 0 Å². The van der Waals surface area contributed by atoms with Gasteiger partial charge >= 0.3 is 0 Å². The average Bonchev–Trinajstić information content (AvgIpc) is 2.20. The Morgan fingerprint density at radius 2 is 2.06 bits per heavy atom. The van der Waals surface area contributed by atoms with Gasteiger partial charge in [-0.1, -0.05) is 15.9 Å². The lowest BCUT2D eigenvalue weighted by Crippen LogP contribution is -1.97. The molecule has 16 heavy (non-hydrogen) atoms. The summed E-state index contributed by atoms with van der Waals surface area (Å²) in [6.45, 7) is 0.461. The van der Waals surface area contributed by atoms with E-state index in [1.54, 1.807) is 7.11 Å². The summed E-state index contributed by atoms with van der Waals surface area (Å²) in [6.07, 6.45) is 0. The van der Waals surface area contributed by atoms with Crippen LogP contribution in [0.2, 0.25) is 0 Å². The molecule has 2 aromatic rings. The van der Waals surface area contributed by atoms with E-state index in [2.05, 4.69) is 36.8 Å². The number of nitrogens with two attached hydrogens (primary N) is 1. The lowest BCUT2D eigenvalue weighted by Gasteiger charge is -2.07. The molecule has 0 fully saturated rings. The maximum Gasteiger partial charge on any atom is 0.0885 e. The Morgan fingerprint density at radius 1 is 1.31 bits per heavy atom. The number of rotatable bonds is 2. The van der Waals surface area contributed by atoms with Crippen molar-refractivity contribution in [3.63, 3.8) is 0 Å². The van der Waals surface area contributed by atoms with Gasteiger partial charge in [0.15, 0.2) is 0 Å². The van der Waals surface area contributed by atoms with Gasteiger partial charge in [-0.05, 0) is 34.1 Å². The minimum Gasteiger partial charge on any atom is -0.398 e. The first-order valence-electron chi connectivity index (χ1n) is 4.65. The van der Waals surface area contributed by atoms with Crippen LogP contribution >= 0.6 is 31.9 Å². The van der Waals surface area contributed by atoms with Crippen molar-refractivity contribution in [1.82, 2.24) is 4.98 Å². The summed E-state index contributed by atoms with van der Waals surface area (Å²) in [5, 5.41) is 0.932. The summed E-state index contributed by atoms with van der Waals surface area (Å²) in [6, 6.07) is 5.75. The van der Waals surface area contributed by atoms with Crippen LogP contribution in [-0.2, 0) is 11.3 Å². The van der Waals surface area contributed by atoms with Crippen LogP contribution < -0.4 is 5.73 Å². The summed E-state index contributed by atoms with van der Waals surface area (Å²) < 4.78 is 6.94. The Labute approximate surface area is 110 Å². The Hall–Kier alpha value is -0.650. The summed E-state index contributed by atoms with van der Waals surface area (Å²) in [4.78, 5) is 4.49. The van der Waals surface area contributed by atoms with Crippen LogP contribution in [0.3, 0.4) is 0 Å². The van der Waals surface area contributed by atoms with Gasteiger partial charge in [0.2, 0.25) is 0 Å². The van der Waals surface area contributed by atoms with Crippen molar-refractivity contribution >= 4 is 48.5 Å². The molecule has 2 N–H and O–H groups in total. The second-order valence-corrected chi connectivity index (χ2v) is 5.19. The zero-order valence-corrected chi connectivity index (χ0v) is 11.8. The number of hydrogen-bond donors (Lipinski definition) is 1. The molecule has 0 atom stereocenters. The van der Waals surface area contributed by atoms with E-state index in [-0.39, 0.29) is 0 Å². The van der Waals surface area contributed by atoms with Gasteiger partial charge in [-0.15, -0.1) is 0 Å². The number of nitrogens with zero attached hydrogens (tertiary/aromatic N) is 1. The zero-order chi connectivity index (χ0) is 11.7. The molecule has 0 aliphatic carbocycles. The number of ether oxygens (including phenoxy) is 1. The molecule has 1 aromatic carbocycles. The predicted octanol–water partition coefficient (Wildman–Crippen LogP) is 3.49. The maximum absolute atomic E-state index is 5.99. The van der Waals surface area contributed by atoms with E-state index in [4.69, 9.17) is 10.5 Å². The lowest BCUT2D eigenvalue weighted by atomic mass is 10.1. The summed E-state index contributed by atoms with van der Waals surface area (Å²) in [7, 11) is 1.64. The third-order valence-electron chi connectivity index (χ3n) is 2.21. The van der Waals surface area contributed by atoms with Gasteiger partial charge in [-0.3, -0.25) is 0 Å². The topological polar surface area (TPSA) is 48.1 Å². The highest BCUT2D eigenvalue weighted by Gasteiger charge is 2.07. The van der Waals surface area contributed by atoms with Gasteiger partial charge < -0.3 is 10.5 Å². The molecular formula is C11H10Br2N2O. The second kappa shape index (κ2) is 4.69. The van der Waals surface area contributed by atoms with Gasteiger partial charge in [0, 0.05) is 27.1 Å². The molecule has 0 amide bonds. The number of fused-ring (bicyclic) bond motifs is 1. The fraction of sp³-hybridized carbons (Fsp3) is 0.182. The molecule has 2 rings (SSSR count). The normalized spacial score (nSPS) is 10.9. The fourth-order valence-corrected chi connectivity index (χ4v) is 2.87. The minimum absolute atomic E-state index is 0.461. The van der Waals surface area contributed by atoms with E-state index in [0.29, 0.717) is 12.3 Å². The highest BCUT2D eigenvalue weighted by molar-refractivity contribution is 9.11. The molecule has 84 valence electrons. The number of methoxy groups -OCH3 is 1. The van der Waals surface area contributed by atoms with E-state index in [1.807, 2.05) is 18.2 Å². The standard InChI is InChI=1S/C11H10Br2N2O/c1-16-5-7-4-10(14)8-2-6(12)3-9(13)11(8)15-7/h2-4H,5H2,1H3,(H2,14,15). The summed E-state index contributed by atoms with van der Waals surface area (Å²) >= 11 is 6.91. The Morgan fingerprint density at radius 3 is 2.75 bits per heavy atom. The molecule has 0 bridgehead atoms. The first kappa shape index (κ1) is 11.8. The molecule has 0 spiro atoms. The molecular weight excluding hydrogens is 336 g/mol. The molecule has 0 unspecified atom stereocenters. The number of pyridine rings is 1. The summed E-state index contributed by atoms with van der Waals surface area (Å²) in [5.74, 6) is 0. The zero-order valence-electron chi connectivity index (χ0n) is 8.63. The SMILES string of the molecule is COCc1cc(N)c2cc(Br)cc(Br)c2n1. The number of anilines is 1. The number of nitrogen functional groups attached to an aromatic ring is 1. The monoisotopic (exact) mass is 344 g/mol. The molecule has 0 saturated carbocycles. The molecule has 0 radical (unpaired) electrons. The van der Waals surface area contributed by atoms with Gasteiger partial charge in [0.1, 0.15) is 0 Å². The van der Waals surface area contributed by atoms with Gasteiger partial charge in [-0.2, -0.15) is 0 Å². The number of benzene rings is 1. The molecule has 0 aliphatic heterocycles. The maximum atomic E-state index is 5.99. The average molecular weight is 346 g/mol. The molecule has 1 aromatic heterocycles. The molecule has 5 heteroatoms.